The summed E-state index contributed by atoms with van der Waals surface area (Å²) in [6, 6.07) is 15.3. The summed E-state index contributed by atoms with van der Waals surface area (Å²) in [7, 11) is 0. The standard InChI is InChI=1S/C19H22N2O/c22-19-12-11-16(13-15-7-3-1-4-8-15)14-18(19)21-20-17-9-5-2-6-10-17/h2,5-6,9-12,14-15,22H,1,3-4,7-8,13H2. The highest BCUT2D eigenvalue weighted by molar-refractivity contribution is 5.53. The number of aromatic hydroxyl groups is 1. The van der Waals surface area contributed by atoms with Crippen LogP contribution < -0.4 is 0 Å². The quantitative estimate of drug-likeness (QED) is 0.698. The molecule has 1 fully saturated rings. The zero-order chi connectivity index (χ0) is 15.2. The minimum Gasteiger partial charge on any atom is -0.506 e. The van der Waals surface area contributed by atoms with Gasteiger partial charge >= 0.3 is 0 Å². The third-order valence-electron chi connectivity index (χ3n) is 4.32. The van der Waals surface area contributed by atoms with Gasteiger partial charge in [-0.2, -0.15) is 5.11 Å². The van der Waals surface area contributed by atoms with Crippen molar-refractivity contribution in [3.63, 3.8) is 0 Å². The molecule has 2 aromatic carbocycles. The highest BCUT2D eigenvalue weighted by atomic mass is 16.3. The van der Waals surface area contributed by atoms with E-state index in [1.165, 1.54) is 37.7 Å². The highest BCUT2D eigenvalue weighted by Crippen LogP contribution is 2.32. The van der Waals surface area contributed by atoms with Gasteiger partial charge in [-0.15, -0.1) is 5.11 Å². The first-order chi connectivity index (χ1) is 10.8. The van der Waals surface area contributed by atoms with E-state index in [2.05, 4.69) is 10.2 Å². The zero-order valence-corrected chi connectivity index (χ0v) is 12.8. The van der Waals surface area contributed by atoms with Crippen LogP contribution in [0.2, 0.25) is 0 Å². The van der Waals surface area contributed by atoms with Gasteiger partial charge in [0.1, 0.15) is 11.4 Å². The average Bonchev–Trinajstić information content (AvgIpc) is 2.57. The molecule has 0 spiro atoms. The number of nitrogens with zero attached hydrogens (tertiary/aromatic N) is 2. The number of hydrogen-bond donors (Lipinski definition) is 1. The van der Waals surface area contributed by atoms with E-state index in [9.17, 15) is 5.11 Å². The first-order valence-corrected chi connectivity index (χ1v) is 8.10. The van der Waals surface area contributed by atoms with Crippen molar-refractivity contribution in [1.82, 2.24) is 0 Å². The van der Waals surface area contributed by atoms with E-state index in [4.69, 9.17) is 0 Å². The van der Waals surface area contributed by atoms with Crippen molar-refractivity contribution in [3.8, 4) is 5.75 Å². The molecule has 0 heterocycles. The first-order valence-electron chi connectivity index (χ1n) is 8.10. The Morgan fingerprint density at radius 1 is 0.909 bits per heavy atom. The fraction of sp³-hybridized carbons (Fsp3) is 0.368. The normalized spacial score (nSPS) is 16.2. The third kappa shape index (κ3) is 3.94. The number of phenols is 1. The molecule has 3 nitrogen and oxygen atoms in total. The molecule has 0 bridgehead atoms. The third-order valence-corrected chi connectivity index (χ3v) is 4.32. The lowest BCUT2D eigenvalue weighted by Crippen LogP contribution is -2.09. The van der Waals surface area contributed by atoms with Gasteiger partial charge in [-0.3, -0.25) is 0 Å². The molecule has 2 aromatic rings. The summed E-state index contributed by atoms with van der Waals surface area (Å²) in [5.74, 6) is 0.962. The van der Waals surface area contributed by atoms with E-state index in [1.54, 1.807) is 6.07 Å². The molecule has 0 saturated heterocycles. The number of azo groups is 1. The van der Waals surface area contributed by atoms with Crippen LogP contribution in [0.5, 0.6) is 5.75 Å². The molecule has 22 heavy (non-hydrogen) atoms. The maximum atomic E-state index is 9.97. The van der Waals surface area contributed by atoms with Gasteiger partial charge in [0, 0.05) is 0 Å². The minimum absolute atomic E-state index is 0.187. The van der Waals surface area contributed by atoms with E-state index >= 15 is 0 Å². The van der Waals surface area contributed by atoms with Crippen LogP contribution in [-0.2, 0) is 6.42 Å². The van der Waals surface area contributed by atoms with Crippen molar-refractivity contribution in [1.29, 1.82) is 0 Å². The van der Waals surface area contributed by atoms with Crippen molar-refractivity contribution in [2.45, 2.75) is 38.5 Å². The van der Waals surface area contributed by atoms with Gasteiger partial charge < -0.3 is 5.11 Å². The fourth-order valence-electron chi connectivity index (χ4n) is 3.11. The second kappa shape index (κ2) is 7.21. The summed E-state index contributed by atoms with van der Waals surface area (Å²) in [6.45, 7) is 0. The predicted molar refractivity (Wildman–Crippen MR) is 89.0 cm³/mol. The van der Waals surface area contributed by atoms with Crippen molar-refractivity contribution in [2.75, 3.05) is 0 Å². The molecular formula is C19H22N2O. The molecule has 3 heteroatoms. The van der Waals surface area contributed by atoms with Gasteiger partial charge in [0.25, 0.3) is 0 Å². The van der Waals surface area contributed by atoms with Crippen LogP contribution in [0.4, 0.5) is 11.4 Å². The molecule has 0 atom stereocenters. The maximum Gasteiger partial charge on any atom is 0.143 e. The smallest absolute Gasteiger partial charge is 0.143 e. The van der Waals surface area contributed by atoms with Crippen LogP contribution in [0.1, 0.15) is 37.7 Å². The van der Waals surface area contributed by atoms with Crippen LogP contribution in [0.25, 0.3) is 0 Å². The number of benzene rings is 2. The Kier molecular flexibility index (Phi) is 4.84. The van der Waals surface area contributed by atoms with Gasteiger partial charge in [-0.25, -0.2) is 0 Å². The topological polar surface area (TPSA) is 45.0 Å². The largest absolute Gasteiger partial charge is 0.506 e. The molecule has 0 amide bonds. The van der Waals surface area contributed by atoms with E-state index in [1.807, 2.05) is 42.5 Å². The number of phenolic OH excluding ortho intramolecular Hbond substituents is 1. The van der Waals surface area contributed by atoms with Crippen LogP contribution in [0, 0.1) is 5.92 Å². The Labute approximate surface area is 131 Å². The SMILES string of the molecule is Oc1ccc(CC2CCCCC2)cc1N=Nc1ccccc1. The lowest BCUT2D eigenvalue weighted by atomic mass is 9.85. The van der Waals surface area contributed by atoms with Gasteiger partial charge in [0.2, 0.25) is 0 Å². The highest BCUT2D eigenvalue weighted by Gasteiger charge is 2.14. The summed E-state index contributed by atoms with van der Waals surface area (Å²) in [5.41, 5.74) is 2.59. The Balaban J connectivity index is 1.73. The zero-order valence-electron chi connectivity index (χ0n) is 12.8. The second-order valence-electron chi connectivity index (χ2n) is 6.07. The first kappa shape index (κ1) is 14.8. The summed E-state index contributed by atoms with van der Waals surface area (Å²) in [4.78, 5) is 0. The summed E-state index contributed by atoms with van der Waals surface area (Å²) in [6.07, 6.45) is 7.80. The van der Waals surface area contributed by atoms with E-state index < -0.39 is 0 Å². The summed E-state index contributed by atoms with van der Waals surface area (Å²) >= 11 is 0. The van der Waals surface area contributed by atoms with E-state index in [-0.39, 0.29) is 5.75 Å². The molecule has 3 rings (SSSR count). The Morgan fingerprint density at radius 2 is 1.68 bits per heavy atom. The monoisotopic (exact) mass is 294 g/mol. The number of hydrogen-bond acceptors (Lipinski definition) is 3. The van der Waals surface area contributed by atoms with Crippen LogP contribution in [0.3, 0.4) is 0 Å². The molecule has 0 radical (unpaired) electrons. The lowest BCUT2D eigenvalue weighted by molar-refractivity contribution is 0.356. The Bertz CT molecular complexity index is 631. The maximum absolute atomic E-state index is 9.97. The summed E-state index contributed by atoms with van der Waals surface area (Å²) < 4.78 is 0. The molecule has 0 aromatic heterocycles. The van der Waals surface area contributed by atoms with Crippen molar-refractivity contribution < 1.29 is 5.11 Å². The van der Waals surface area contributed by atoms with Crippen LogP contribution >= 0.6 is 0 Å². The van der Waals surface area contributed by atoms with Crippen molar-refractivity contribution >= 4 is 11.4 Å². The Morgan fingerprint density at radius 3 is 2.45 bits per heavy atom. The number of rotatable bonds is 4. The van der Waals surface area contributed by atoms with Crippen LogP contribution in [0.15, 0.2) is 58.8 Å². The molecule has 1 saturated carbocycles. The van der Waals surface area contributed by atoms with E-state index in [0.717, 1.165) is 18.0 Å². The van der Waals surface area contributed by atoms with Crippen molar-refractivity contribution in [3.05, 3.63) is 54.1 Å². The Hall–Kier alpha value is -2.16. The molecule has 1 aliphatic carbocycles. The molecular weight excluding hydrogens is 272 g/mol. The van der Waals surface area contributed by atoms with Crippen molar-refractivity contribution in [2.24, 2.45) is 16.1 Å². The molecule has 0 aliphatic heterocycles. The van der Waals surface area contributed by atoms with Crippen LogP contribution in [-0.4, -0.2) is 5.11 Å². The average molecular weight is 294 g/mol. The molecule has 114 valence electrons. The fourth-order valence-corrected chi connectivity index (χ4v) is 3.11. The minimum atomic E-state index is 0.187. The predicted octanol–water partition coefficient (Wildman–Crippen LogP) is 5.93. The summed E-state index contributed by atoms with van der Waals surface area (Å²) in [5, 5.41) is 18.4. The van der Waals surface area contributed by atoms with Gasteiger partial charge in [0.05, 0.1) is 5.69 Å². The van der Waals surface area contributed by atoms with Gasteiger partial charge in [-0.05, 0) is 42.2 Å². The molecule has 1 aliphatic rings. The van der Waals surface area contributed by atoms with Gasteiger partial charge in [-0.1, -0.05) is 56.4 Å². The van der Waals surface area contributed by atoms with E-state index in [0.29, 0.717) is 5.69 Å². The molecule has 0 unspecified atom stereocenters. The van der Waals surface area contributed by atoms with Gasteiger partial charge in [0.15, 0.2) is 0 Å². The molecule has 1 N–H and O–H groups in total. The lowest BCUT2D eigenvalue weighted by Gasteiger charge is -2.21. The second-order valence-corrected chi connectivity index (χ2v) is 6.07.